The quantitative estimate of drug-likeness (QED) is 0.598. The Morgan fingerprint density at radius 2 is 1.48 bits per heavy atom. The summed E-state index contributed by atoms with van der Waals surface area (Å²) in [5, 5.41) is 2.22. The second-order valence-corrected chi connectivity index (χ2v) is 4.97. The fourth-order valence-electron chi connectivity index (χ4n) is 1.98. The third-order valence-electron chi connectivity index (χ3n) is 3.14. The summed E-state index contributed by atoms with van der Waals surface area (Å²) in [6, 6.07) is 6.45. The Hall–Kier alpha value is -2.95. The number of hydrogen-bond donors (Lipinski definition) is 1. The number of anilines is 1. The van der Waals surface area contributed by atoms with E-state index in [4.69, 9.17) is 6.42 Å². The van der Waals surface area contributed by atoms with Crippen LogP contribution in [0.5, 0.6) is 0 Å². The number of rotatable bonds is 2. The van der Waals surface area contributed by atoms with Gasteiger partial charge in [0, 0.05) is 16.8 Å². The van der Waals surface area contributed by atoms with Gasteiger partial charge in [-0.1, -0.05) is 12.0 Å². The molecule has 25 heavy (non-hydrogen) atoms. The topological polar surface area (TPSA) is 29.1 Å². The van der Waals surface area contributed by atoms with Crippen LogP contribution in [-0.2, 0) is 12.4 Å². The Balaban J connectivity index is 2.43. The average Bonchev–Trinajstić information content (AvgIpc) is 2.53. The Labute approximate surface area is 138 Å². The summed E-state index contributed by atoms with van der Waals surface area (Å²) in [7, 11) is 0. The number of alkyl halides is 6. The molecule has 0 aliphatic carbocycles. The summed E-state index contributed by atoms with van der Waals surface area (Å²) in [5.41, 5.74) is -3.37. The fraction of sp³-hybridized carbons (Fsp3) is 0.118. The second-order valence-electron chi connectivity index (χ2n) is 4.97. The van der Waals surface area contributed by atoms with Crippen molar-refractivity contribution in [2.45, 2.75) is 12.4 Å². The van der Waals surface area contributed by atoms with E-state index in [-0.39, 0.29) is 11.8 Å². The molecule has 2 aromatic rings. The van der Waals surface area contributed by atoms with Crippen LogP contribution in [0.15, 0.2) is 42.5 Å². The normalized spacial score (nSPS) is 11.7. The SMILES string of the molecule is C#Cc1cccc(NC(=O)c2cc(C(F)(F)F)cc(C(F)(F)F)c2)c1. The molecule has 0 unspecified atom stereocenters. The van der Waals surface area contributed by atoms with Crippen molar-refractivity contribution in [1.82, 2.24) is 0 Å². The molecule has 2 aromatic carbocycles. The lowest BCUT2D eigenvalue weighted by Crippen LogP contribution is -2.17. The van der Waals surface area contributed by atoms with Crippen LogP contribution >= 0.6 is 0 Å². The van der Waals surface area contributed by atoms with Gasteiger partial charge in [-0.3, -0.25) is 4.79 Å². The summed E-state index contributed by atoms with van der Waals surface area (Å²) in [5.74, 6) is 1.17. The van der Waals surface area contributed by atoms with Crippen molar-refractivity contribution >= 4 is 11.6 Å². The van der Waals surface area contributed by atoms with Gasteiger partial charge in [-0.15, -0.1) is 6.42 Å². The molecule has 0 heterocycles. The summed E-state index contributed by atoms with van der Waals surface area (Å²) >= 11 is 0. The summed E-state index contributed by atoms with van der Waals surface area (Å²) in [6.45, 7) is 0. The lowest BCUT2D eigenvalue weighted by atomic mass is 10.0. The molecule has 1 N–H and O–H groups in total. The molecule has 0 saturated heterocycles. The first-order valence-electron chi connectivity index (χ1n) is 6.68. The zero-order chi connectivity index (χ0) is 18.8. The first-order valence-corrected chi connectivity index (χ1v) is 6.68. The van der Waals surface area contributed by atoms with E-state index in [9.17, 15) is 31.1 Å². The minimum absolute atomic E-state index is 0.0459. The highest BCUT2D eigenvalue weighted by Gasteiger charge is 2.37. The van der Waals surface area contributed by atoms with Gasteiger partial charge in [-0.05, 0) is 36.4 Å². The van der Waals surface area contributed by atoms with E-state index in [1.807, 2.05) is 0 Å². The Bertz CT molecular complexity index is 813. The van der Waals surface area contributed by atoms with Crippen molar-refractivity contribution in [2.24, 2.45) is 0 Å². The van der Waals surface area contributed by atoms with E-state index in [2.05, 4.69) is 11.2 Å². The van der Waals surface area contributed by atoms with Gasteiger partial charge in [0.15, 0.2) is 0 Å². The van der Waals surface area contributed by atoms with Crippen LogP contribution in [0.25, 0.3) is 0 Å². The van der Waals surface area contributed by atoms with Crippen molar-refractivity contribution in [2.75, 3.05) is 5.32 Å². The van der Waals surface area contributed by atoms with Crippen LogP contribution < -0.4 is 5.32 Å². The number of terminal acetylenes is 1. The van der Waals surface area contributed by atoms with Gasteiger partial charge < -0.3 is 5.32 Å². The van der Waals surface area contributed by atoms with Gasteiger partial charge in [0.05, 0.1) is 11.1 Å². The third-order valence-corrected chi connectivity index (χ3v) is 3.14. The number of amides is 1. The molecule has 0 atom stereocenters. The molecular formula is C17H9F6NO. The minimum atomic E-state index is -5.03. The number of halogens is 6. The van der Waals surface area contributed by atoms with Crippen molar-refractivity contribution in [3.63, 3.8) is 0 Å². The molecule has 1 amide bonds. The Kier molecular flexibility index (Phi) is 4.79. The predicted molar refractivity (Wildman–Crippen MR) is 78.8 cm³/mol. The first kappa shape index (κ1) is 18.4. The van der Waals surface area contributed by atoms with Crippen LogP contribution in [0.3, 0.4) is 0 Å². The van der Waals surface area contributed by atoms with E-state index in [1.54, 1.807) is 6.07 Å². The third kappa shape index (κ3) is 4.53. The minimum Gasteiger partial charge on any atom is -0.322 e. The summed E-state index contributed by atoms with van der Waals surface area (Å²) < 4.78 is 76.8. The van der Waals surface area contributed by atoms with Crippen LogP contribution in [0.4, 0.5) is 32.0 Å². The van der Waals surface area contributed by atoms with E-state index in [0.29, 0.717) is 17.7 Å². The van der Waals surface area contributed by atoms with E-state index < -0.39 is 35.0 Å². The standard InChI is InChI=1S/C17H9F6NO/c1-2-10-4-3-5-14(6-10)24-15(25)11-7-12(16(18,19)20)9-13(8-11)17(21,22)23/h1,3-9H,(H,24,25). The number of nitrogens with one attached hydrogen (secondary N) is 1. The molecule has 0 spiro atoms. The molecule has 2 rings (SSSR count). The molecule has 0 aromatic heterocycles. The lowest BCUT2D eigenvalue weighted by Gasteiger charge is -2.14. The molecular weight excluding hydrogens is 348 g/mol. The maximum atomic E-state index is 12.8. The zero-order valence-electron chi connectivity index (χ0n) is 12.3. The van der Waals surface area contributed by atoms with Crippen molar-refractivity contribution in [3.05, 3.63) is 64.7 Å². The smallest absolute Gasteiger partial charge is 0.322 e. The summed E-state index contributed by atoms with van der Waals surface area (Å²) in [6.07, 6.45) is -4.87. The van der Waals surface area contributed by atoms with Gasteiger partial charge in [0.25, 0.3) is 5.91 Å². The lowest BCUT2D eigenvalue weighted by molar-refractivity contribution is -0.143. The van der Waals surface area contributed by atoms with E-state index in [0.717, 1.165) is 0 Å². The van der Waals surface area contributed by atoms with Crippen LogP contribution in [-0.4, -0.2) is 5.91 Å². The van der Waals surface area contributed by atoms with Gasteiger partial charge in [-0.25, -0.2) is 0 Å². The zero-order valence-corrected chi connectivity index (χ0v) is 12.3. The van der Waals surface area contributed by atoms with Crippen LogP contribution in [0, 0.1) is 12.3 Å². The Morgan fingerprint density at radius 3 is 1.96 bits per heavy atom. The highest BCUT2D eigenvalue weighted by molar-refractivity contribution is 6.04. The molecule has 0 bridgehead atoms. The number of benzene rings is 2. The molecule has 2 nitrogen and oxygen atoms in total. The van der Waals surface area contributed by atoms with Crippen molar-refractivity contribution in [3.8, 4) is 12.3 Å². The maximum absolute atomic E-state index is 12.8. The predicted octanol–water partition coefficient (Wildman–Crippen LogP) is 4.96. The van der Waals surface area contributed by atoms with Gasteiger partial charge in [-0.2, -0.15) is 26.3 Å². The molecule has 0 saturated carbocycles. The van der Waals surface area contributed by atoms with Crippen molar-refractivity contribution < 1.29 is 31.1 Å². The molecule has 0 fully saturated rings. The van der Waals surface area contributed by atoms with Crippen molar-refractivity contribution in [1.29, 1.82) is 0 Å². The molecule has 130 valence electrons. The maximum Gasteiger partial charge on any atom is 0.416 e. The first-order chi connectivity index (χ1) is 11.5. The van der Waals surface area contributed by atoms with E-state index >= 15 is 0 Å². The Morgan fingerprint density at radius 1 is 0.920 bits per heavy atom. The second kappa shape index (κ2) is 6.51. The highest BCUT2D eigenvalue weighted by atomic mass is 19.4. The van der Waals surface area contributed by atoms with Gasteiger partial charge in [0.2, 0.25) is 0 Å². The van der Waals surface area contributed by atoms with Gasteiger partial charge in [0.1, 0.15) is 0 Å². The monoisotopic (exact) mass is 357 g/mol. The highest BCUT2D eigenvalue weighted by Crippen LogP contribution is 2.36. The van der Waals surface area contributed by atoms with E-state index in [1.165, 1.54) is 18.2 Å². The molecule has 0 aliphatic rings. The van der Waals surface area contributed by atoms with Gasteiger partial charge >= 0.3 is 12.4 Å². The molecule has 8 heteroatoms. The average molecular weight is 357 g/mol. The molecule has 0 radical (unpaired) electrons. The number of carbonyl (C=O) groups excluding carboxylic acids is 1. The molecule has 0 aliphatic heterocycles. The fourth-order valence-corrected chi connectivity index (χ4v) is 1.98. The largest absolute Gasteiger partial charge is 0.416 e. The van der Waals surface area contributed by atoms with Crippen LogP contribution in [0.2, 0.25) is 0 Å². The summed E-state index contributed by atoms with van der Waals surface area (Å²) in [4.78, 5) is 12.1. The van der Waals surface area contributed by atoms with Crippen LogP contribution in [0.1, 0.15) is 27.0 Å². The number of hydrogen-bond acceptors (Lipinski definition) is 1. The number of carbonyl (C=O) groups is 1.